The van der Waals surface area contributed by atoms with Gasteiger partial charge in [0.25, 0.3) is 0 Å². The van der Waals surface area contributed by atoms with Crippen LogP contribution in [0.5, 0.6) is 0 Å². The van der Waals surface area contributed by atoms with Crippen LogP contribution in [-0.2, 0) is 4.74 Å². The molecule has 0 radical (unpaired) electrons. The summed E-state index contributed by atoms with van der Waals surface area (Å²) >= 11 is 0. The predicted octanol–water partition coefficient (Wildman–Crippen LogP) is 2.17. The molecule has 1 saturated heterocycles. The molecular weight excluding hydrogens is 238 g/mol. The van der Waals surface area contributed by atoms with Crippen molar-refractivity contribution in [1.82, 2.24) is 15.1 Å². The average Bonchev–Trinajstić information content (AvgIpc) is 3.08. The fraction of sp³-hybridized carbons (Fsp3) is 0.400. The van der Waals surface area contributed by atoms with Crippen LogP contribution in [-0.4, -0.2) is 30.0 Å². The Morgan fingerprint density at radius 1 is 1.37 bits per heavy atom. The molecule has 2 atom stereocenters. The van der Waals surface area contributed by atoms with E-state index in [1.54, 1.807) is 0 Å². The van der Waals surface area contributed by atoms with Crippen LogP contribution < -0.4 is 5.32 Å². The Morgan fingerprint density at radius 3 is 3.00 bits per heavy atom. The fourth-order valence-electron chi connectivity index (χ4n) is 2.68. The lowest BCUT2D eigenvalue weighted by Gasteiger charge is -2.16. The monoisotopic (exact) mass is 257 g/mol. The lowest BCUT2D eigenvalue weighted by molar-refractivity contribution is 0.0909. The molecule has 1 aliphatic rings. The number of hydrogen-bond donors (Lipinski definition) is 1. The summed E-state index contributed by atoms with van der Waals surface area (Å²) in [6, 6.07) is 10.2. The minimum absolute atomic E-state index is 0.171. The summed E-state index contributed by atoms with van der Waals surface area (Å²) in [5.74, 6) is 0.540. The van der Waals surface area contributed by atoms with Gasteiger partial charge in [0.15, 0.2) is 0 Å². The van der Waals surface area contributed by atoms with Crippen molar-refractivity contribution in [2.45, 2.75) is 12.5 Å². The predicted molar refractivity (Wildman–Crippen MR) is 74.3 cm³/mol. The third kappa shape index (κ3) is 2.55. The van der Waals surface area contributed by atoms with Crippen molar-refractivity contribution in [2.24, 2.45) is 5.92 Å². The van der Waals surface area contributed by atoms with Crippen molar-refractivity contribution in [3.05, 3.63) is 48.3 Å². The highest BCUT2D eigenvalue weighted by Gasteiger charge is 2.30. The zero-order valence-electron chi connectivity index (χ0n) is 11.1. The summed E-state index contributed by atoms with van der Waals surface area (Å²) in [5, 5.41) is 7.68. The quantitative estimate of drug-likeness (QED) is 0.912. The first-order valence-electron chi connectivity index (χ1n) is 6.74. The van der Waals surface area contributed by atoms with Crippen LogP contribution in [0.4, 0.5) is 0 Å². The number of nitrogens with one attached hydrogen (secondary N) is 1. The summed E-state index contributed by atoms with van der Waals surface area (Å²) in [5.41, 5.74) is 2.25. The molecule has 0 spiro atoms. The van der Waals surface area contributed by atoms with Crippen molar-refractivity contribution in [2.75, 3.05) is 20.2 Å². The van der Waals surface area contributed by atoms with Gasteiger partial charge in [0, 0.05) is 30.8 Å². The van der Waals surface area contributed by atoms with Crippen LogP contribution in [0.3, 0.4) is 0 Å². The van der Waals surface area contributed by atoms with Crippen LogP contribution >= 0.6 is 0 Å². The smallest absolute Gasteiger partial charge is 0.0896 e. The molecule has 1 aromatic carbocycles. The molecule has 3 rings (SSSR count). The van der Waals surface area contributed by atoms with Crippen molar-refractivity contribution >= 4 is 0 Å². The third-order valence-corrected chi connectivity index (χ3v) is 3.63. The molecule has 0 bridgehead atoms. The standard InChI is InChI=1S/C15H19N3O/c1-16-9-12-7-8-19-15(12)13-10-17-18(11-13)14-5-3-2-4-6-14/h2-6,10-12,15-16H,7-9H2,1H3. The minimum atomic E-state index is 0.171. The van der Waals surface area contributed by atoms with E-state index in [0.29, 0.717) is 5.92 Å². The first-order chi connectivity index (χ1) is 9.38. The Morgan fingerprint density at radius 2 is 2.21 bits per heavy atom. The van der Waals surface area contributed by atoms with Gasteiger partial charge in [-0.3, -0.25) is 0 Å². The number of rotatable bonds is 4. The Kier molecular flexibility index (Phi) is 3.62. The molecule has 19 heavy (non-hydrogen) atoms. The van der Waals surface area contributed by atoms with E-state index in [4.69, 9.17) is 4.74 Å². The highest BCUT2D eigenvalue weighted by molar-refractivity contribution is 5.31. The molecule has 0 amide bonds. The molecule has 2 heterocycles. The van der Waals surface area contributed by atoms with Gasteiger partial charge in [-0.15, -0.1) is 0 Å². The second kappa shape index (κ2) is 5.55. The topological polar surface area (TPSA) is 39.1 Å². The molecule has 0 saturated carbocycles. The van der Waals surface area contributed by atoms with Gasteiger partial charge in [0.2, 0.25) is 0 Å². The number of benzene rings is 1. The van der Waals surface area contributed by atoms with Crippen LogP contribution in [0.15, 0.2) is 42.7 Å². The van der Waals surface area contributed by atoms with Gasteiger partial charge in [-0.25, -0.2) is 4.68 Å². The highest BCUT2D eigenvalue weighted by atomic mass is 16.5. The van der Waals surface area contributed by atoms with Crippen molar-refractivity contribution in [3.8, 4) is 5.69 Å². The van der Waals surface area contributed by atoms with E-state index in [2.05, 4.69) is 28.7 Å². The number of hydrogen-bond acceptors (Lipinski definition) is 3. The van der Waals surface area contributed by atoms with Gasteiger partial charge in [-0.05, 0) is 25.6 Å². The van der Waals surface area contributed by atoms with Crippen molar-refractivity contribution < 1.29 is 4.74 Å². The molecule has 1 aromatic heterocycles. The molecule has 1 aliphatic heterocycles. The summed E-state index contributed by atoms with van der Waals surface area (Å²) in [6.45, 7) is 1.83. The molecule has 0 aliphatic carbocycles. The zero-order chi connectivity index (χ0) is 13.1. The molecule has 100 valence electrons. The summed E-state index contributed by atoms with van der Waals surface area (Å²) in [4.78, 5) is 0. The van der Waals surface area contributed by atoms with Gasteiger partial charge in [0.1, 0.15) is 0 Å². The van der Waals surface area contributed by atoms with Gasteiger partial charge >= 0.3 is 0 Å². The summed E-state index contributed by atoms with van der Waals surface area (Å²) in [6.07, 6.45) is 5.28. The molecular formula is C15H19N3O. The average molecular weight is 257 g/mol. The van der Waals surface area contributed by atoms with Gasteiger partial charge in [-0.1, -0.05) is 18.2 Å². The van der Waals surface area contributed by atoms with E-state index in [-0.39, 0.29) is 6.10 Å². The van der Waals surface area contributed by atoms with E-state index in [1.165, 1.54) is 5.56 Å². The molecule has 2 aromatic rings. The maximum atomic E-state index is 5.86. The number of ether oxygens (including phenoxy) is 1. The molecule has 4 nitrogen and oxygen atoms in total. The van der Waals surface area contributed by atoms with E-state index < -0.39 is 0 Å². The summed E-state index contributed by atoms with van der Waals surface area (Å²) in [7, 11) is 1.99. The van der Waals surface area contributed by atoms with Crippen LogP contribution in [0, 0.1) is 5.92 Å². The Hall–Kier alpha value is -1.65. The van der Waals surface area contributed by atoms with Crippen LogP contribution in [0.2, 0.25) is 0 Å². The van der Waals surface area contributed by atoms with Gasteiger partial charge in [0.05, 0.1) is 18.0 Å². The SMILES string of the molecule is CNCC1CCOC1c1cnn(-c2ccccc2)c1. The lowest BCUT2D eigenvalue weighted by Crippen LogP contribution is -2.21. The number of nitrogens with zero attached hydrogens (tertiary/aromatic N) is 2. The van der Waals surface area contributed by atoms with Gasteiger partial charge in [-0.2, -0.15) is 5.10 Å². The van der Waals surface area contributed by atoms with E-state index in [1.807, 2.05) is 36.1 Å². The molecule has 1 fully saturated rings. The Labute approximate surface area is 113 Å². The molecule has 1 N–H and O–H groups in total. The van der Waals surface area contributed by atoms with Crippen molar-refractivity contribution in [3.63, 3.8) is 0 Å². The van der Waals surface area contributed by atoms with E-state index >= 15 is 0 Å². The first-order valence-corrected chi connectivity index (χ1v) is 6.74. The first kappa shape index (κ1) is 12.4. The fourth-order valence-corrected chi connectivity index (χ4v) is 2.68. The van der Waals surface area contributed by atoms with Crippen molar-refractivity contribution in [1.29, 1.82) is 0 Å². The minimum Gasteiger partial charge on any atom is -0.373 e. The second-order valence-electron chi connectivity index (χ2n) is 4.95. The maximum Gasteiger partial charge on any atom is 0.0896 e. The zero-order valence-corrected chi connectivity index (χ0v) is 11.1. The second-order valence-corrected chi connectivity index (χ2v) is 4.95. The largest absolute Gasteiger partial charge is 0.373 e. The van der Waals surface area contributed by atoms with Crippen LogP contribution in [0.25, 0.3) is 5.69 Å². The Bertz CT molecular complexity index is 523. The maximum absolute atomic E-state index is 5.86. The summed E-state index contributed by atoms with van der Waals surface area (Å²) < 4.78 is 7.77. The number of para-hydroxylation sites is 1. The molecule has 4 heteroatoms. The van der Waals surface area contributed by atoms with E-state index in [9.17, 15) is 0 Å². The molecule has 2 unspecified atom stereocenters. The van der Waals surface area contributed by atoms with E-state index in [0.717, 1.165) is 25.3 Å². The lowest BCUT2D eigenvalue weighted by atomic mass is 9.97. The van der Waals surface area contributed by atoms with Gasteiger partial charge < -0.3 is 10.1 Å². The third-order valence-electron chi connectivity index (χ3n) is 3.63. The Balaban J connectivity index is 1.81. The number of aromatic nitrogens is 2. The highest BCUT2D eigenvalue weighted by Crippen LogP contribution is 2.34. The van der Waals surface area contributed by atoms with Crippen LogP contribution in [0.1, 0.15) is 18.1 Å². The normalized spacial score (nSPS) is 22.8.